The first-order chi connectivity index (χ1) is 8.88. The van der Waals surface area contributed by atoms with Crippen LogP contribution < -0.4 is 0 Å². The molecule has 0 atom stereocenters. The lowest BCUT2D eigenvalue weighted by Crippen LogP contribution is -1.84. The molecule has 1 heterocycles. The van der Waals surface area contributed by atoms with Crippen molar-refractivity contribution in [3.05, 3.63) is 48.5 Å². The van der Waals surface area contributed by atoms with Gasteiger partial charge in [0.05, 0.1) is 0 Å². The van der Waals surface area contributed by atoms with Crippen molar-refractivity contribution in [1.82, 2.24) is 4.57 Å². The third-order valence-electron chi connectivity index (χ3n) is 2.82. The summed E-state index contributed by atoms with van der Waals surface area (Å²) in [7, 11) is 2.12. The Labute approximate surface area is 110 Å². The number of para-hydroxylation sites is 2. The van der Waals surface area contributed by atoms with Gasteiger partial charge in [0, 0.05) is 28.9 Å². The number of hydrogen-bond acceptors (Lipinski definition) is 0. The molecular formula is C17H23N. The van der Waals surface area contributed by atoms with Gasteiger partial charge in [-0.25, -0.2) is 0 Å². The lowest BCUT2D eigenvalue weighted by atomic mass is 10.2. The molecule has 1 nitrogen and oxygen atoms in total. The first-order valence-corrected chi connectivity index (χ1v) is 6.80. The first-order valence-electron chi connectivity index (χ1n) is 6.80. The average molecular weight is 241 g/mol. The Hall–Kier alpha value is -1.76. The molecule has 1 aromatic heterocycles. The van der Waals surface area contributed by atoms with Gasteiger partial charge >= 0.3 is 0 Å². The van der Waals surface area contributed by atoms with Gasteiger partial charge in [-0.15, -0.1) is 0 Å². The molecular weight excluding hydrogens is 218 g/mol. The molecule has 0 spiro atoms. The summed E-state index contributed by atoms with van der Waals surface area (Å²) < 4.78 is 2.24. The van der Waals surface area contributed by atoms with E-state index in [4.69, 9.17) is 0 Å². The average Bonchev–Trinajstić information content (AvgIpc) is 2.78. The van der Waals surface area contributed by atoms with Crippen LogP contribution >= 0.6 is 0 Å². The minimum Gasteiger partial charge on any atom is -0.344 e. The molecule has 0 aliphatic rings. The second kappa shape index (κ2) is 6.85. The van der Waals surface area contributed by atoms with Gasteiger partial charge in [0.15, 0.2) is 0 Å². The van der Waals surface area contributed by atoms with Gasteiger partial charge in [0.1, 0.15) is 0 Å². The quantitative estimate of drug-likeness (QED) is 0.497. The van der Waals surface area contributed by atoms with Crippen LogP contribution in [0.1, 0.15) is 27.7 Å². The Kier molecular flexibility index (Phi) is 5.44. The molecule has 2 aromatic carbocycles. The van der Waals surface area contributed by atoms with Gasteiger partial charge < -0.3 is 4.57 Å². The Morgan fingerprint density at radius 1 is 0.611 bits per heavy atom. The van der Waals surface area contributed by atoms with Gasteiger partial charge in [-0.2, -0.15) is 0 Å². The van der Waals surface area contributed by atoms with E-state index < -0.39 is 0 Å². The predicted octanol–water partition coefficient (Wildman–Crippen LogP) is 5.38. The monoisotopic (exact) mass is 241 g/mol. The van der Waals surface area contributed by atoms with Crippen LogP contribution in [-0.4, -0.2) is 4.57 Å². The highest BCUT2D eigenvalue weighted by atomic mass is 14.9. The lowest BCUT2D eigenvalue weighted by molar-refractivity contribution is 1.01. The van der Waals surface area contributed by atoms with Crippen molar-refractivity contribution in [2.24, 2.45) is 7.05 Å². The smallest absolute Gasteiger partial charge is 0.0488 e. The third-order valence-corrected chi connectivity index (χ3v) is 2.82. The summed E-state index contributed by atoms with van der Waals surface area (Å²) in [6.45, 7) is 8.00. The minimum absolute atomic E-state index is 1.30. The van der Waals surface area contributed by atoms with E-state index in [-0.39, 0.29) is 0 Å². The summed E-state index contributed by atoms with van der Waals surface area (Å²) in [5, 5.41) is 2.68. The van der Waals surface area contributed by atoms with Crippen LogP contribution in [0.3, 0.4) is 0 Å². The van der Waals surface area contributed by atoms with Crippen molar-refractivity contribution in [1.29, 1.82) is 0 Å². The number of rotatable bonds is 0. The first kappa shape index (κ1) is 14.3. The Bertz CT molecular complexity index is 552. The minimum atomic E-state index is 1.30. The summed E-state index contributed by atoms with van der Waals surface area (Å²) >= 11 is 0. The zero-order chi connectivity index (χ0) is 13.5. The van der Waals surface area contributed by atoms with Crippen LogP contribution in [0.15, 0.2) is 48.5 Å². The highest BCUT2D eigenvalue weighted by molar-refractivity contribution is 6.07. The molecule has 0 aliphatic heterocycles. The van der Waals surface area contributed by atoms with Crippen molar-refractivity contribution >= 4 is 21.8 Å². The number of aryl methyl sites for hydroxylation is 1. The number of fused-ring (bicyclic) bond motifs is 3. The maximum Gasteiger partial charge on any atom is 0.0488 e. The molecule has 0 radical (unpaired) electrons. The molecule has 0 saturated carbocycles. The normalized spacial score (nSPS) is 9.39. The fraction of sp³-hybridized carbons (Fsp3) is 0.294. The highest BCUT2D eigenvalue weighted by Crippen LogP contribution is 2.26. The second-order valence-electron chi connectivity index (χ2n) is 3.59. The van der Waals surface area contributed by atoms with E-state index >= 15 is 0 Å². The maximum atomic E-state index is 2.24. The van der Waals surface area contributed by atoms with Crippen LogP contribution in [0, 0.1) is 0 Å². The molecule has 0 fully saturated rings. The summed E-state index contributed by atoms with van der Waals surface area (Å²) in [5.41, 5.74) is 2.60. The van der Waals surface area contributed by atoms with Crippen LogP contribution in [0.2, 0.25) is 0 Å². The molecule has 0 unspecified atom stereocenters. The van der Waals surface area contributed by atoms with Crippen molar-refractivity contribution in [3.63, 3.8) is 0 Å². The molecule has 0 aliphatic carbocycles. The molecule has 96 valence electrons. The van der Waals surface area contributed by atoms with Crippen LogP contribution in [-0.2, 0) is 7.05 Å². The van der Waals surface area contributed by atoms with E-state index in [0.717, 1.165) is 0 Å². The molecule has 0 saturated heterocycles. The molecule has 1 heteroatoms. The fourth-order valence-corrected chi connectivity index (χ4v) is 2.12. The number of aromatic nitrogens is 1. The maximum absolute atomic E-state index is 2.24. The van der Waals surface area contributed by atoms with Gasteiger partial charge in [0.2, 0.25) is 0 Å². The van der Waals surface area contributed by atoms with Crippen molar-refractivity contribution in [3.8, 4) is 0 Å². The van der Waals surface area contributed by atoms with Gasteiger partial charge in [-0.1, -0.05) is 64.1 Å². The Balaban J connectivity index is 0.000000371. The largest absolute Gasteiger partial charge is 0.344 e. The van der Waals surface area contributed by atoms with Crippen LogP contribution in [0.4, 0.5) is 0 Å². The Morgan fingerprint density at radius 2 is 0.944 bits per heavy atom. The summed E-state index contributed by atoms with van der Waals surface area (Å²) in [4.78, 5) is 0. The van der Waals surface area contributed by atoms with Crippen molar-refractivity contribution < 1.29 is 0 Å². The van der Waals surface area contributed by atoms with Crippen LogP contribution in [0.25, 0.3) is 21.8 Å². The van der Waals surface area contributed by atoms with Crippen molar-refractivity contribution in [2.45, 2.75) is 27.7 Å². The highest BCUT2D eigenvalue weighted by Gasteiger charge is 2.04. The van der Waals surface area contributed by atoms with Gasteiger partial charge in [-0.3, -0.25) is 0 Å². The predicted molar refractivity (Wildman–Crippen MR) is 83.1 cm³/mol. The molecule has 18 heavy (non-hydrogen) atoms. The number of benzene rings is 2. The zero-order valence-electron chi connectivity index (χ0n) is 12.1. The van der Waals surface area contributed by atoms with Gasteiger partial charge in [0.25, 0.3) is 0 Å². The van der Waals surface area contributed by atoms with E-state index in [1.807, 2.05) is 27.7 Å². The molecule has 3 aromatic rings. The molecule has 0 bridgehead atoms. The fourth-order valence-electron chi connectivity index (χ4n) is 2.12. The summed E-state index contributed by atoms with van der Waals surface area (Å²) in [6.07, 6.45) is 0. The SMILES string of the molecule is CC.CC.Cn1c2ccccc2c2ccccc21. The number of nitrogens with zero attached hydrogens (tertiary/aromatic N) is 1. The van der Waals surface area contributed by atoms with E-state index in [0.29, 0.717) is 0 Å². The summed E-state index contributed by atoms with van der Waals surface area (Å²) in [5.74, 6) is 0. The molecule has 0 N–H and O–H groups in total. The van der Waals surface area contributed by atoms with E-state index in [2.05, 4.69) is 60.1 Å². The van der Waals surface area contributed by atoms with E-state index in [1.54, 1.807) is 0 Å². The molecule has 3 rings (SSSR count). The van der Waals surface area contributed by atoms with Gasteiger partial charge in [-0.05, 0) is 12.1 Å². The standard InChI is InChI=1S/C13H11N.2C2H6/c1-14-12-8-4-2-6-10(12)11-7-3-5-9-13(11)14;2*1-2/h2-9H,1H3;2*1-2H3. The van der Waals surface area contributed by atoms with Crippen molar-refractivity contribution in [2.75, 3.05) is 0 Å². The lowest BCUT2D eigenvalue weighted by Gasteiger charge is -1.95. The molecule has 0 amide bonds. The second-order valence-corrected chi connectivity index (χ2v) is 3.59. The topological polar surface area (TPSA) is 4.93 Å². The van der Waals surface area contributed by atoms with Crippen LogP contribution in [0.5, 0.6) is 0 Å². The van der Waals surface area contributed by atoms with E-state index in [1.165, 1.54) is 21.8 Å². The van der Waals surface area contributed by atoms with E-state index in [9.17, 15) is 0 Å². The Morgan fingerprint density at radius 3 is 1.33 bits per heavy atom. The zero-order valence-corrected chi connectivity index (χ0v) is 12.1. The third kappa shape index (κ3) is 2.40. The summed E-state index contributed by atoms with van der Waals surface area (Å²) in [6, 6.07) is 17.0. The number of hydrogen-bond donors (Lipinski definition) is 0.